The average molecular weight is 443 g/mol. The van der Waals surface area contributed by atoms with Crippen molar-refractivity contribution in [3.8, 4) is 5.75 Å². The molecule has 0 spiro atoms. The maximum atomic E-state index is 12.9. The van der Waals surface area contributed by atoms with Gasteiger partial charge in [0.25, 0.3) is 0 Å². The Balaban J connectivity index is 1.71. The van der Waals surface area contributed by atoms with Gasteiger partial charge in [-0.05, 0) is 55.3 Å². The Morgan fingerprint density at radius 3 is 2.54 bits per heavy atom. The fourth-order valence-corrected chi connectivity index (χ4v) is 5.03. The third-order valence-electron chi connectivity index (χ3n) is 4.63. The van der Waals surface area contributed by atoms with E-state index >= 15 is 0 Å². The van der Waals surface area contributed by atoms with Gasteiger partial charge in [0.05, 0.1) is 22.9 Å². The Morgan fingerprint density at radius 2 is 1.89 bits per heavy atom. The van der Waals surface area contributed by atoms with Crippen LogP contribution in [0.1, 0.15) is 12.8 Å². The number of nitrogens with one attached hydrogen (secondary N) is 1. The van der Waals surface area contributed by atoms with Crippen molar-refractivity contribution in [2.45, 2.75) is 17.7 Å². The molecule has 2 aromatic rings. The summed E-state index contributed by atoms with van der Waals surface area (Å²) in [4.78, 5) is 12.8. The Labute approximate surface area is 174 Å². The van der Waals surface area contributed by atoms with Gasteiger partial charge in [0.2, 0.25) is 15.9 Å². The molecule has 6 nitrogen and oxygen atoms in total. The number of carbonyl (C=O) groups is 1. The number of rotatable bonds is 5. The number of sulfonamides is 1. The first-order valence-electron chi connectivity index (χ1n) is 8.71. The number of hydrogen-bond acceptors (Lipinski definition) is 4. The van der Waals surface area contributed by atoms with Crippen molar-refractivity contribution in [3.05, 3.63) is 52.5 Å². The number of nitrogens with zero attached hydrogens (tertiary/aromatic N) is 1. The van der Waals surface area contributed by atoms with E-state index in [9.17, 15) is 13.2 Å². The molecule has 0 bridgehead atoms. The lowest BCUT2D eigenvalue weighted by atomic mass is 9.98. The summed E-state index contributed by atoms with van der Waals surface area (Å²) in [5, 5.41) is 3.66. The van der Waals surface area contributed by atoms with Gasteiger partial charge in [-0.3, -0.25) is 4.79 Å². The fourth-order valence-electron chi connectivity index (χ4n) is 3.12. The quantitative estimate of drug-likeness (QED) is 0.757. The van der Waals surface area contributed by atoms with E-state index in [-0.39, 0.29) is 17.3 Å². The van der Waals surface area contributed by atoms with E-state index < -0.39 is 15.9 Å². The van der Waals surface area contributed by atoms with Gasteiger partial charge >= 0.3 is 0 Å². The Bertz CT molecular complexity index is 964. The van der Waals surface area contributed by atoms with Gasteiger partial charge in [-0.2, -0.15) is 4.31 Å². The summed E-state index contributed by atoms with van der Waals surface area (Å²) in [6, 6.07) is 11.0. The topological polar surface area (TPSA) is 75.7 Å². The molecule has 150 valence electrons. The summed E-state index contributed by atoms with van der Waals surface area (Å²) in [6.07, 6.45) is 1.22. The Hall–Kier alpha value is -1.80. The largest absolute Gasteiger partial charge is 0.495 e. The molecule has 1 saturated heterocycles. The highest BCUT2D eigenvalue weighted by atomic mass is 35.5. The zero-order chi connectivity index (χ0) is 20.3. The predicted octanol–water partition coefficient (Wildman–Crippen LogP) is 4.04. The van der Waals surface area contributed by atoms with Crippen LogP contribution < -0.4 is 10.1 Å². The molecule has 9 heteroatoms. The number of anilines is 1. The first kappa shape index (κ1) is 20.9. The molecule has 0 radical (unpaired) electrons. The molecule has 1 fully saturated rings. The summed E-state index contributed by atoms with van der Waals surface area (Å²) in [6.45, 7) is 0.504. The number of hydrogen-bond donors (Lipinski definition) is 1. The van der Waals surface area contributed by atoms with E-state index in [1.165, 1.54) is 35.7 Å². The Morgan fingerprint density at radius 1 is 1.18 bits per heavy atom. The van der Waals surface area contributed by atoms with Gasteiger partial charge in [-0.25, -0.2) is 8.42 Å². The van der Waals surface area contributed by atoms with E-state index in [0.717, 1.165) is 0 Å². The van der Waals surface area contributed by atoms with Gasteiger partial charge in [0.1, 0.15) is 5.75 Å². The van der Waals surface area contributed by atoms with Crippen LogP contribution in [0.25, 0.3) is 0 Å². The fraction of sp³-hybridized carbons (Fsp3) is 0.316. The minimum absolute atomic E-state index is 0.126. The number of piperidine rings is 1. The van der Waals surface area contributed by atoms with Crippen LogP contribution in [0.4, 0.5) is 5.69 Å². The van der Waals surface area contributed by atoms with Gasteiger partial charge in [-0.1, -0.05) is 23.2 Å². The van der Waals surface area contributed by atoms with E-state index in [0.29, 0.717) is 40.9 Å². The summed E-state index contributed by atoms with van der Waals surface area (Å²) in [5.41, 5.74) is 0.536. The Kier molecular flexibility index (Phi) is 6.50. The van der Waals surface area contributed by atoms with E-state index in [1.807, 2.05) is 0 Å². The second-order valence-electron chi connectivity index (χ2n) is 6.49. The van der Waals surface area contributed by atoms with Crippen LogP contribution in [-0.4, -0.2) is 38.8 Å². The molecular formula is C19H20Cl2N2O4S. The molecule has 1 aliphatic heterocycles. The first-order valence-corrected chi connectivity index (χ1v) is 10.9. The lowest BCUT2D eigenvalue weighted by molar-refractivity contribution is -0.120. The van der Waals surface area contributed by atoms with Crippen molar-refractivity contribution in [2.24, 2.45) is 5.92 Å². The molecule has 1 heterocycles. The highest BCUT2D eigenvalue weighted by molar-refractivity contribution is 7.89. The van der Waals surface area contributed by atoms with Crippen LogP contribution in [0.3, 0.4) is 0 Å². The first-order chi connectivity index (χ1) is 13.3. The monoisotopic (exact) mass is 442 g/mol. The summed E-state index contributed by atoms with van der Waals surface area (Å²) in [5.74, 6) is -0.175. The van der Waals surface area contributed by atoms with Crippen LogP contribution in [0.2, 0.25) is 10.0 Å². The summed E-state index contributed by atoms with van der Waals surface area (Å²) < 4.78 is 32.2. The third-order valence-corrected chi connectivity index (χ3v) is 7.05. The number of carbonyl (C=O) groups excluding carboxylic acids is 1. The van der Waals surface area contributed by atoms with Crippen molar-refractivity contribution in [1.29, 1.82) is 0 Å². The molecule has 3 rings (SSSR count). The van der Waals surface area contributed by atoms with Crippen LogP contribution in [0.15, 0.2) is 47.4 Å². The minimum Gasteiger partial charge on any atom is -0.495 e. The van der Waals surface area contributed by atoms with Crippen molar-refractivity contribution in [2.75, 3.05) is 25.5 Å². The average Bonchev–Trinajstić information content (AvgIpc) is 2.68. The molecule has 1 N–H and O–H groups in total. The summed E-state index contributed by atoms with van der Waals surface area (Å²) >= 11 is 11.9. The van der Waals surface area contributed by atoms with Gasteiger partial charge < -0.3 is 10.1 Å². The number of amides is 1. The normalized spacial score (nSPS) is 17.9. The molecule has 1 aliphatic rings. The number of ether oxygens (including phenoxy) is 1. The second kappa shape index (κ2) is 8.69. The van der Waals surface area contributed by atoms with Crippen molar-refractivity contribution in [3.63, 3.8) is 0 Å². The smallest absolute Gasteiger partial charge is 0.243 e. The highest BCUT2D eigenvalue weighted by Gasteiger charge is 2.33. The van der Waals surface area contributed by atoms with Crippen LogP contribution in [-0.2, 0) is 14.8 Å². The zero-order valence-corrected chi connectivity index (χ0v) is 17.5. The molecule has 1 atom stereocenters. The predicted molar refractivity (Wildman–Crippen MR) is 110 cm³/mol. The van der Waals surface area contributed by atoms with E-state index in [2.05, 4.69) is 5.32 Å². The minimum atomic E-state index is -3.68. The van der Waals surface area contributed by atoms with Crippen LogP contribution in [0, 0.1) is 5.92 Å². The molecule has 0 aromatic heterocycles. The molecule has 1 amide bonds. The molecule has 0 unspecified atom stereocenters. The molecule has 0 saturated carbocycles. The lowest BCUT2D eigenvalue weighted by Crippen LogP contribution is -2.43. The number of halogens is 2. The maximum absolute atomic E-state index is 12.9. The number of benzene rings is 2. The van der Waals surface area contributed by atoms with Gasteiger partial charge in [0, 0.05) is 23.8 Å². The molecule has 28 heavy (non-hydrogen) atoms. The van der Waals surface area contributed by atoms with Crippen LogP contribution in [0.5, 0.6) is 5.75 Å². The maximum Gasteiger partial charge on any atom is 0.243 e. The molecular weight excluding hydrogens is 423 g/mol. The van der Waals surface area contributed by atoms with Crippen molar-refractivity contribution < 1.29 is 17.9 Å². The van der Waals surface area contributed by atoms with E-state index in [1.54, 1.807) is 18.2 Å². The third kappa shape index (κ3) is 4.60. The van der Waals surface area contributed by atoms with Crippen molar-refractivity contribution >= 4 is 44.8 Å². The zero-order valence-electron chi connectivity index (χ0n) is 15.2. The summed E-state index contributed by atoms with van der Waals surface area (Å²) in [7, 11) is -2.17. The van der Waals surface area contributed by atoms with Crippen LogP contribution >= 0.6 is 23.2 Å². The second-order valence-corrected chi connectivity index (χ2v) is 9.28. The van der Waals surface area contributed by atoms with E-state index in [4.69, 9.17) is 27.9 Å². The number of methoxy groups -OCH3 is 1. The van der Waals surface area contributed by atoms with Gasteiger partial charge in [-0.15, -0.1) is 0 Å². The lowest BCUT2D eigenvalue weighted by Gasteiger charge is -2.31. The van der Waals surface area contributed by atoms with Gasteiger partial charge in [0.15, 0.2) is 0 Å². The standard InChI is InChI=1S/C19H20Cl2N2O4S/c1-27-18-9-6-15(11-17(18)21)22-19(24)13-3-2-10-23(12-13)28(25,26)16-7-4-14(20)5-8-16/h4-9,11,13H,2-3,10,12H2,1H3,(H,22,24)/t13-/m0/s1. The molecule has 2 aromatic carbocycles. The highest BCUT2D eigenvalue weighted by Crippen LogP contribution is 2.29. The SMILES string of the molecule is COc1ccc(NC(=O)[C@H]2CCCN(S(=O)(=O)c3ccc(Cl)cc3)C2)cc1Cl. The molecule has 0 aliphatic carbocycles. The van der Waals surface area contributed by atoms with Crippen molar-refractivity contribution in [1.82, 2.24) is 4.31 Å².